The number of aromatic nitrogens is 2. The van der Waals surface area contributed by atoms with Gasteiger partial charge in [-0.1, -0.05) is 12.1 Å². The minimum atomic E-state index is -4.78. The molecule has 0 saturated carbocycles. The first-order chi connectivity index (χ1) is 23.0. The maximum absolute atomic E-state index is 13.5. The highest BCUT2D eigenvalue weighted by Crippen LogP contribution is 2.26. The van der Waals surface area contributed by atoms with Crippen molar-refractivity contribution in [2.24, 2.45) is 0 Å². The minimum absolute atomic E-state index is 0.0703. The summed E-state index contributed by atoms with van der Waals surface area (Å²) in [5.41, 5.74) is 1.68. The largest absolute Gasteiger partial charge is 0.573 e. The van der Waals surface area contributed by atoms with Gasteiger partial charge in [0, 0.05) is 47.0 Å². The molecule has 48 heavy (non-hydrogen) atoms. The first-order valence-corrected chi connectivity index (χ1v) is 14.4. The highest BCUT2D eigenvalue weighted by Gasteiger charge is 2.31. The Labute approximate surface area is 272 Å². The second-order valence-corrected chi connectivity index (χ2v) is 9.91. The number of ether oxygens (including phenoxy) is 3. The Morgan fingerprint density at radius 3 is 2.06 bits per heavy atom. The molecule has 0 unspecified atom stereocenters. The van der Waals surface area contributed by atoms with Crippen LogP contribution in [0.1, 0.15) is 20.7 Å². The minimum Gasteiger partial charge on any atom is -0.423 e. The van der Waals surface area contributed by atoms with Crippen LogP contribution in [0.2, 0.25) is 0 Å². The molecule has 4 rings (SSSR count). The average molecular weight is 671 g/mol. The predicted molar refractivity (Wildman–Crippen MR) is 166 cm³/mol. The molecule has 0 spiro atoms. The zero-order valence-corrected chi connectivity index (χ0v) is 25.2. The van der Waals surface area contributed by atoms with Crippen molar-refractivity contribution in [3.63, 3.8) is 0 Å². The molecular formula is C31H30BF4N5O7. The zero-order chi connectivity index (χ0) is 34.5. The van der Waals surface area contributed by atoms with Gasteiger partial charge in [-0.3, -0.25) is 9.59 Å². The molecule has 0 aliphatic carbocycles. The lowest BCUT2D eigenvalue weighted by Crippen LogP contribution is -2.35. The number of rotatable bonds is 16. The number of alkyl halides is 3. The van der Waals surface area contributed by atoms with Crippen molar-refractivity contribution in [1.82, 2.24) is 20.6 Å². The third kappa shape index (κ3) is 11.3. The highest BCUT2D eigenvalue weighted by atomic mass is 19.4. The van der Waals surface area contributed by atoms with Crippen LogP contribution in [-0.4, -0.2) is 84.8 Å². The summed E-state index contributed by atoms with van der Waals surface area (Å²) in [5, 5.41) is 26.6. The molecule has 3 aromatic carbocycles. The molecule has 2 amide bonds. The van der Waals surface area contributed by atoms with E-state index in [2.05, 4.69) is 30.7 Å². The molecule has 0 radical (unpaired) electrons. The lowest BCUT2D eigenvalue weighted by atomic mass is 9.79. The molecule has 252 valence electrons. The molecular weight excluding hydrogens is 641 g/mol. The first-order valence-electron chi connectivity index (χ1n) is 14.4. The van der Waals surface area contributed by atoms with Crippen LogP contribution < -0.4 is 26.2 Å². The van der Waals surface area contributed by atoms with E-state index in [1.54, 1.807) is 30.3 Å². The van der Waals surface area contributed by atoms with E-state index in [1.807, 2.05) is 0 Å². The quantitative estimate of drug-likeness (QED) is 0.0680. The topological polar surface area (TPSA) is 164 Å². The number of anilines is 2. The summed E-state index contributed by atoms with van der Waals surface area (Å²) in [5.74, 6) is -1.66. The van der Waals surface area contributed by atoms with Crippen molar-refractivity contribution in [3.8, 4) is 17.0 Å². The standard InChI is InChI=1S/C31H30BF4N5O7/c33-26-9-4-22(17-25(26)32(44)45)30(43)38-11-13-47-15-14-46-12-10-37-29(42)21-3-1-2-20(16-21)27-18-28(40-19-39-27)41-23-5-7-24(8-6-23)48-31(34,35)36/h1-9,16-19,44-45H,10-15H2,(H,37,42)(H,38,43)(H,39,40,41). The van der Waals surface area contributed by atoms with E-state index >= 15 is 0 Å². The van der Waals surface area contributed by atoms with Gasteiger partial charge in [-0.25, -0.2) is 14.4 Å². The van der Waals surface area contributed by atoms with Gasteiger partial charge in [0.15, 0.2) is 0 Å². The number of hydrogen-bond donors (Lipinski definition) is 5. The summed E-state index contributed by atoms with van der Waals surface area (Å²) in [6.45, 7) is 1.26. The third-order valence-corrected chi connectivity index (χ3v) is 6.42. The molecule has 1 heterocycles. The number of carbonyl (C=O) groups is 2. The molecule has 0 aliphatic rings. The van der Waals surface area contributed by atoms with Gasteiger partial charge >= 0.3 is 13.5 Å². The lowest BCUT2D eigenvalue weighted by Gasteiger charge is -2.11. The molecule has 17 heteroatoms. The van der Waals surface area contributed by atoms with Gasteiger partial charge in [0.25, 0.3) is 11.8 Å². The maximum atomic E-state index is 13.5. The van der Waals surface area contributed by atoms with Crippen LogP contribution in [0.4, 0.5) is 29.1 Å². The summed E-state index contributed by atoms with van der Waals surface area (Å²) >= 11 is 0. The van der Waals surface area contributed by atoms with Gasteiger partial charge in [0.2, 0.25) is 0 Å². The monoisotopic (exact) mass is 671 g/mol. The molecule has 0 aliphatic heterocycles. The average Bonchev–Trinajstić information content (AvgIpc) is 3.06. The molecule has 0 fully saturated rings. The van der Waals surface area contributed by atoms with E-state index in [4.69, 9.17) is 19.5 Å². The highest BCUT2D eigenvalue weighted by molar-refractivity contribution is 6.58. The Hall–Kier alpha value is -5.10. The second-order valence-electron chi connectivity index (χ2n) is 9.91. The molecule has 0 saturated heterocycles. The van der Waals surface area contributed by atoms with Gasteiger partial charge in [0.05, 0.1) is 32.1 Å². The summed E-state index contributed by atoms with van der Waals surface area (Å²) in [7, 11) is -2.04. The van der Waals surface area contributed by atoms with E-state index in [1.165, 1.54) is 36.7 Å². The van der Waals surface area contributed by atoms with Crippen molar-refractivity contribution in [1.29, 1.82) is 0 Å². The predicted octanol–water partition coefficient (Wildman–Crippen LogP) is 2.80. The van der Waals surface area contributed by atoms with Crippen molar-refractivity contribution in [2.75, 3.05) is 44.8 Å². The number of nitrogens with zero attached hydrogens (tertiary/aromatic N) is 2. The number of amides is 2. The maximum Gasteiger partial charge on any atom is 0.573 e. The molecule has 0 atom stereocenters. The van der Waals surface area contributed by atoms with Crippen molar-refractivity contribution >= 4 is 35.9 Å². The Balaban J connectivity index is 1.13. The van der Waals surface area contributed by atoms with Crippen LogP contribution in [0.15, 0.2) is 79.1 Å². The van der Waals surface area contributed by atoms with Gasteiger partial charge in [-0.15, -0.1) is 13.2 Å². The first kappa shape index (κ1) is 35.8. The van der Waals surface area contributed by atoms with E-state index in [0.29, 0.717) is 28.3 Å². The van der Waals surface area contributed by atoms with Gasteiger partial charge in [-0.2, -0.15) is 0 Å². The SMILES string of the molecule is O=C(NCCOCCOCCNC(=O)c1ccc(F)c(B(O)O)c1)c1cccc(-c2cc(Nc3ccc(OC(F)(F)F)cc3)ncn2)c1. The van der Waals surface area contributed by atoms with Crippen LogP contribution in [0.3, 0.4) is 0 Å². The van der Waals surface area contributed by atoms with Crippen LogP contribution >= 0.6 is 0 Å². The molecule has 5 N–H and O–H groups in total. The zero-order valence-electron chi connectivity index (χ0n) is 25.2. The Bertz CT molecular complexity index is 1680. The Morgan fingerprint density at radius 2 is 1.44 bits per heavy atom. The summed E-state index contributed by atoms with van der Waals surface area (Å²) in [4.78, 5) is 33.2. The summed E-state index contributed by atoms with van der Waals surface area (Å²) < 4.78 is 65.4. The van der Waals surface area contributed by atoms with Gasteiger partial charge in [0.1, 0.15) is 23.7 Å². The number of benzene rings is 3. The number of halogens is 4. The van der Waals surface area contributed by atoms with E-state index < -0.39 is 30.7 Å². The third-order valence-electron chi connectivity index (χ3n) is 6.42. The van der Waals surface area contributed by atoms with E-state index in [9.17, 15) is 27.2 Å². The Morgan fingerprint density at radius 1 is 0.792 bits per heavy atom. The van der Waals surface area contributed by atoms with E-state index in [-0.39, 0.29) is 56.7 Å². The second kappa shape index (κ2) is 17.2. The molecule has 0 bridgehead atoms. The summed E-state index contributed by atoms with van der Waals surface area (Å²) in [6.07, 6.45) is -3.47. The lowest BCUT2D eigenvalue weighted by molar-refractivity contribution is -0.274. The summed E-state index contributed by atoms with van der Waals surface area (Å²) in [6, 6.07) is 16.8. The number of hydrogen-bond acceptors (Lipinski definition) is 10. The normalized spacial score (nSPS) is 11.1. The van der Waals surface area contributed by atoms with Crippen molar-refractivity contribution < 1.29 is 51.4 Å². The fraction of sp³-hybridized carbons (Fsp3) is 0.226. The fourth-order valence-electron chi connectivity index (χ4n) is 4.17. The van der Waals surface area contributed by atoms with Crippen LogP contribution in [0.25, 0.3) is 11.3 Å². The van der Waals surface area contributed by atoms with Crippen molar-refractivity contribution in [2.45, 2.75) is 6.36 Å². The van der Waals surface area contributed by atoms with Gasteiger partial charge < -0.3 is 40.2 Å². The van der Waals surface area contributed by atoms with Crippen LogP contribution in [0, 0.1) is 5.82 Å². The van der Waals surface area contributed by atoms with E-state index in [0.717, 1.165) is 12.1 Å². The fourth-order valence-corrected chi connectivity index (χ4v) is 4.17. The van der Waals surface area contributed by atoms with Gasteiger partial charge in [-0.05, 0) is 54.6 Å². The molecule has 1 aromatic heterocycles. The number of nitrogens with one attached hydrogen (secondary N) is 3. The Kier molecular flexibility index (Phi) is 12.8. The molecule has 4 aromatic rings. The molecule has 12 nitrogen and oxygen atoms in total. The van der Waals surface area contributed by atoms with Crippen molar-refractivity contribution in [3.05, 3.63) is 96.1 Å². The van der Waals surface area contributed by atoms with Crippen LogP contribution in [0.5, 0.6) is 5.75 Å². The number of carbonyl (C=O) groups excluding carboxylic acids is 2. The smallest absolute Gasteiger partial charge is 0.423 e. The van der Waals surface area contributed by atoms with Crippen LogP contribution in [-0.2, 0) is 9.47 Å².